The fraction of sp³-hybridized carbons (Fsp3) is 0.154. The molecule has 1 N–H and O–H groups in total. The van der Waals surface area contributed by atoms with Crippen LogP contribution in [-0.4, -0.2) is 24.8 Å². The molecule has 0 bridgehead atoms. The first kappa shape index (κ1) is 11.5. The third-order valence-corrected chi connectivity index (χ3v) is 3.01. The van der Waals surface area contributed by atoms with Gasteiger partial charge in [0.2, 0.25) is 5.82 Å². The van der Waals surface area contributed by atoms with E-state index in [1.807, 2.05) is 17.7 Å². The molecule has 0 amide bonds. The molecule has 0 aliphatic heterocycles. The van der Waals surface area contributed by atoms with Gasteiger partial charge in [0.1, 0.15) is 11.4 Å². The minimum absolute atomic E-state index is 0.206. The number of benzene rings is 1. The highest BCUT2D eigenvalue weighted by Crippen LogP contribution is 2.29. The van der Waals surface area contributed by atoms with Crippen LogP contribution in [0.25, 0.3) is 23.0 Å². The van der Waals surface area contributed by atoms with Crippen molar-refractivity contribution in [3.05, 3.63) is 36.3 Å². The Morgan fingerprint density at radius 2 is 2.16 bits per heavy atom. The monoisotopic (exact) mass is 256 g/mol. The summed E-state index contributed by atoms with van der Waals surface area (Å²) in [4.78, 5) is 8.35. The average molecular weight is 256 g/mol. The Bertz CT molecular complexity index is 730. The molecule has 19 heavy (non-hydrogen) atoms. The normalized spacial score (nSPS) is 10.8. The lowest BCUT2D eigenvalue weighted by Gasteiger charge is -2.01. The van der Waals surface area contributed by atoms with Crippen molar-refractivity contribution >= 4 is 0 Å². The van der Waals surface area contributed by atoms with Gasteiger partial charge in [-0.05, 0) is 19.1 Å². The van der Waals surface area contributed by atoms with Crippen LogP contribution < -0.4 is 0 Å². The summed E-state index contributed by atoms with van der Waals surface area (Å²) in [6, 6.07) is 5.19. The first-order chi connectivity index (χ1) is 9.16. The number of aromatic hydroxyl groups is 1. The lowest BCUT2D eigenvalue weighted by molar-refractivity contribution is 0.430. The summed E-state index contributed by atoms with van der Waals surface area (Å²) < 4.78 is 7.06. The molecule has 2 aromatic heterocycles. The molecule has 3 rings (SSSR count). The Morgan fingerprint density at radius 1 is 1.32 bits per heavy atom. The average Bonchev–Trinajstić information content (AvgIpc) is 3.01. The number of phenolic OH excluding ortho intramolecular Hbond substituents is 1. The molecule has 0 saturated carbocycles. The number of phenols is 1. The molecule has 6 heteroatoms. The molecule has 0 spiro atoms. The summed E-state index contributed by atoms with van der Waals surface area (Å²) in [6.45, 7) is 1.80. The maximum Gasteiger partial charge on any atom is 0.258 e. The smallest absolute Gasteiger partial charge is 0.258 e. The van der Waals surface area contributed by atoms with Crippen LogP contribution in [0.5, 0.6) is 5.75 Å². The van der Waals surface area contributed by atoms with Crippen molar-refractivity contribution < 1.29 is 9.63 Å². The molecule has 3 aromatic rings. The lowest BCUT2D eigenvalue weighted by atomic mass is 10.1. The molecule has 1 aromatic carbocycles. The Hall–Kier alpha value is -2.63. The zero-order valence-electron chi connectivity index (χ0n) is 10.5. The largest absolute Gasteiger partial charge is 0.508 e. The number of imidazole rings is 1. The SMILES string of the molecule is Cc1c(O)cccc1-c1nc(-c2cncn2C)no1. The summed E-state index contributed by atoms with van der Waals surface area (Å²) in [5.74, 6) is 1.06. The van der Waals surface area contributed by atoms with E-state index >= 15 is 0 Å². The van der Waals surface area contributed by atoms with Crippen molar-refractivity contribution in [1.82, 2.24) is 19.7 Å². The molecule has 0 atom stereocenters. The van der Waals surface area contributed by atoms with Crippen molar-refractivity contribution in [1.29, 1.82) is 0 Å². The fourth-order valence-electron chi connectivity index (χ4n) is 1.86. The highest BCUT2D eigenvalue weighted by atomic mass is 16.5. The van der Waals surface area contributed by atoms with E-state index in [0.717, 1.165) is 11.3 Å². The molecule has 0 aliphatic carbocycles. The number of nitrogens with zero attached hydrogens (tertiary/aromatic N) is 4. The van der Waals surface area contributed by atoms with Crippen LogP contribution in [0.15, 0.2) is 35.2 Å². The molecular formula is C13H12N4O2. The maximum absolute atomic E-state index is 9.69. The zero-order valence-corrected chi connectivity index (χ0v) is 10.5. The third kappa shape index (κ3) is 1.87. The van der Waals surface area contributed by atoms with Gasteiger partial charge in [-0.3, -0.25) is 0 Å². The Kier molecular flexibility index (Phi) is 2.56. The van der Waals surface area contributed by atoms with Crippen molar-refractivity contribution in [2.24, 2.45) is 7.05 Å². The van der Waals surface area contributed by atoms with Gasteiger partial charge in [-0.1, -0.05) is 11.2 Å². The van der Waals surface area contributed by atoms with Gasteiger partial charge in [0, 0.05) is 18.2 Å². The quantitative estimate of drug-likeness (QED) is 0.760. The molecule has 0 aliphatic rings. The first-order valence-electron chi connectivity index (χ1n) is 5.76. The molecule has 2 heterocycles. The topological polar surface area (TPSA) is 77.0 Å². The molecular weight excluding hydrogens is 244 g/mol. The van der Waals surface area contributed by atoms with Crippen molar-refractivity contribution in [3.63, 3.8) is 0 Å². The van der Waals surface area contributed by atoms with Crippen LogP contribution >= 0.6 is 0 Å². The minimum Gasteiger partial charge on any atom is -0.508 e. The van der Waals surface area contributed by atoms with Gasteiger partial charge in [0.15, 0.2) is 0 Å². The van der Waals surface area contributed by atoms with E-state index in [1.165, 1.54) is 0 Å². The fourth-order valence-corrected chi connectivity index (χ4v) is 1.86. The molecule has 96 valence electrons. The molecule has 0 radical (unpaired) electrons. The maximum atomic E-state index is 9.69. The van der Waals surface area contributed by atoms with Gasteiger partial charge in [0.25, 0.3) is 5.89 Å². The van der Waals surface area contributed by atoms with Crippen molar-refractivity contribution in [3.8, 4) is 28.7 Å². The second-order valence-corrected chi connectivity index (χ2v) is 4.26. The van der Waals surface area contributed by atoms with Gasteiger partial charge in [-0.25, -0.2) is 4.98 Å². The Morgan fingerprint density at radius 3 is 2.89 bits per heavy atom. The van der Waals surface area contributed by atoms with E-state index in [-0.39, 0.29) is 5.75 Å². The number of rotatable bonds is 2. The van der Waals surface area contributed by atoms with Crippen molar-refractivity contribution in [2.75, 3.05) is 0 Å². The van der Waals surface area contributed by atoms with Crippen LogP contribution in [0.2, 0.25) is 0 Å². The third-order valence-electron chi connectivity index (χ3n) is 3.01. The Labute approximate surface area is 109 Å². The minimum atomic E-state index is 0.206. The predicted octanol–water partition coefficient (Wildman–Crippen LogP) is 2.15. The van der Waals surface area contributed by atoms with E-state index in [0.29, 0.717) is 17.3 Å². The number of hydrogen-bond acceptors (Lipinski definition) is 5. The summed E-state index contributed by atoms with van der Waals surface area (Å²) >= 11 is 0. The van der Waals surface area contributed by atoms with E-state index in [2.05, 4.69) is 15.1 Å². The van der Waals surface area contributed by atoms with Gasteiger partial charge >= 0.3 is 0 Å². The van der Waals surface area contributed by atoms with E-state index in [1.54, 1.807) is 31.6 Å². The molecule has 6 nitrogen and oxygen atoms in total. The van der Waals surface area contributed by atoms with Crippen molar-refractivity contribution in [2.45, 2.75) is 6.92 Å². The van der Waals surface area contributed by atoms with Gasteiger partial charge in [-0.2, -0.15) is 4.98 Å². The molecule has 0 unspecified atom stereocenters. The van der Waals surface area contributed by atoms with Crippen LogP contribution in [-0.2, 0) is 7.05 Å². The summed E-state index contributed by atoms with van der Waals surface area (Å²) in [5.41, 5.74) is 2.21. The number of hydrogen-bond donors (Lipinski definition) is 1. The van der Waals surface area contributed by atoms with Crippen LogP contribution in [0.3, 0.4) is 0 Å². The van der Waals surface area contributed by atoms with Crippen LogP contribution in [0, 0.1) is 6.92 Å². The van der Waals surface area contributed by atoms with Gasteiger partial charge in [-0.15, -0.1) is 0 Å². The van der Waals surface area contributed by atoms with E-state index in [4.69, 9.17) is 4.52 Å². The van der Waals surface area contributed by atoms with Gasteiger partial charge in [0.05, 0.1) is 12.5 Å². The summed E-state index contributed by atoms with van der Waals surface area (Å²) in [7, 11) is 1.86. The lowest BCUT2D eigenvalue weighted by Crippen LogP contribution is -1.91. The first-order valence-corrected chi connectivity index (χ1v) is 5.76. The number of aryl methyl sites for hydroxylation is 1. The molecule has 0 saturated heterocycles. The van der Waals surface area contributed by atoms with E-state index in [9.17, 15) is 5.11 Å². The molecule has 0 fully saturated rings. The number of aromatic nitrogens is 4. The highest BCUT2D eigenvalue weighted by molar-refractivity contribution is 5.63. The summed E-state index contributed by atoms with van der Waals surface area (Å²) in [6.07, 6.45) is 3.34. The predicted molar refractivity (Wildman–Crippen MR) is 68.3 cm³/mol. The highest BCUT2D eigenvalue weighted by Gasteiger charge is 2.15. The second kappa shape index (κ2) is 4.24. The second-order valence-electron chi connectivity index (χ2n) is 4.26. The van der Waals surface area contributed by atoms with Gasteiger partial charge < -0.3 is 14.2 Å². The standard InChI is InChI=1S/C13H12N4O2/c1-8-9(4-3-5-11(8)18)13-15-12(16-19-13)10-6-14-7-17(10)2/h3-7,18H,1-2H3. The van der Waals surface area contributed by atoms with E-state index < -0.39 is 0 Å². The van der Waals surface area contributed by atoms with Crippen LogP contribution in [0.4, 0.5) is 0 Å². The Balaban J connectivity index is 2.07. The zero-order chi connectivity index (χ0) is 13.4. The van der Waals surface area contributed by atoms with Crippen LogP contribution in [0.1, 0.15) is 5.56 Å². The summed E-state index contributed by atoms with van der Waals surface area (Å²) in [5, 5.41) is 13.6.